The Labute approximate surface area is 148 Å². The highest BCUT2D eigenvalue weighted by atomic mass is 16.4. The zero-order valence-electron chi connectivity index (χ0n) is 14.7. The molecule has 2 aromatic rings. The molecule has 0 spiro atoms. The van der Waals surface area contributed by atoms with Crippen LogP contribution in [0.2, 0.25) is 0 Å². The molecule has 4 nitrogen and oxygen atoms in total. The highest BCUT2D eigenvalue weighted by Gasteiger charge is 2.34. The number of benzene rings is 2. The van der Waals surface area contributed by atoms with E-state index in [0.717, 1.165) is 16.7 Å². The zero-order chi connectivity index (χ0) is 18.0. The summed E-state index contributed by atoms with van der Waals surface area (Å²) in [6, 6.07) is 13.2. The summed E-state index contributed by atoms with van der Waals surface area (Å²) < 4.78 is 0. The first-order valence-corrected chi connectivity index (χ1v) is 8.61. The Hall–Kier alpha value is -2.62. The normalized spacial score (nSPS) is 16.4. The van der Waals surface area contributed by atoms with Crippen molar-refractivity contribution in [2.24, 2.45) is 0 Å². The lowest BCUT2D eigenvalue weighted by Gasteiger charge is -2.34. The van der Waals surface area contributed by atoms with Gasteiger partial charge in [-0.2, -0.15) is 0 Å². The van der Waals surface area contributed by atoms with Crippen molar-refractivity contribution in [3.63, 3.8) is 0 Å². The second-order valence-corrected chi connectivity index (χ2v) is 6.78. The van der Waals surface area contributed by atoms with E-state index in [1.165, 1.54) is 16.0 Å². The maximum Gasteiger partial charge on any atom is 0.326 e. The fraction of sp³-hybridized carbons (Fsp3) is 0.333. The van der Waals surface area contributed by atoms with Crippen molar-refractivity contribution in [1.82, 2.24) is 4.90 Å². The van der Waals surface area contributed by atoms with Gasteiger partial charge in [-0.1, -0.05) is 48.0 Å². The molecule has 1 aliphatic rings. The van der Waals surface area contributed by atoms with Crippen LogP contribution in [0.4, 0.5) is 0 Å². The molecule has 1 atom stereocenters. The van der Waals surface area contributed by atoms with Gasteiger partial charge in [0, 0.05) is 19.4 Å². The fourth-order valence-corrected chi connectivity index (χ4v) is 3.52. The molecule has 0 radical (unpaired) electrons. The lowest BCUT2D eigenvalue weighted by molar-refractivity contribution is -0.151. The van der Waals surface area contributed by atoms with Crippen molar-refractivity contribution in [3.05, 3.63) is 70.3 Å². The van der Waals surface area contributed by atoms with Crippen LogP contribution in [-0.2, 0) is 29.0 Å². The topological polar surface area (TPSA) is 57.6 Å². The van der Waals surface area contributed by atoms with Gasteiger partial charge >= 0.3 is 5.97 Å². The molecular formula is C21H23NO3. The number of rotatable bonds is 4. The number of hydrogen-bond donors (Lipinski definition) is 1. The molecule has 1 unspecified atom stereocenters. The van der Waals surface area contributed by atoms with E-state index in [0.29, 0.717) is 25.8 Å². The summed E-state index contributed by atoms with van der Waals surface area (Å²) in [5, 5.41) is 9.55. The first kappa shape index (κ1) is 17.2. The zero-order valence-corrected chi connectivity index (χ0v) is 14.7. The van der Waals surface area contributed by atoms with Gasteiger partial charge in [0.1, 0.15) is 6.04 Å². The standard InChI is InChI=1S/C21H23NO3/c1-14-7-8-16(15(2)11-14)9-10-20(23)22-13-18-6-4-3-5-17(18)12-19(22)21(24)25/h3-8,11,19H,9-10,12-13H2,1-2H3,(H,24,25). The molecule has 25 heavy (non-hydrogen) atoms. The van der Waals surface area contributed by atoms with Crippen molar-refractivity contribution in [2.75, 3.05) is 0 Å². The predicted molar refractivity (Wildman–Crippen MR) is 96.4 cm³/mol. The summed E-state index contributed by atoms with van der Waals surface area (Å²) in [6.07, 6.45) is 1.34. The molecule has 4 heteroatoms. The maximum atomic E-state index is 12.7. The highest BCUT2D eigenvalue weighted by Crippen LogP contribution is 2.24. The summed E-state index contributed by atoms with van der Waals surface area (Å²) in [6.45, 7) is 4.47. The van der Waals surface area contributed by atoms with Crippen LogP contribution in [0.25, 0.3) is 0 Å². The van der Waals surface area contributed by atoms with Gasteiger partial charge in [0.2, 0.25) is 5.91 Å². The predicted octanol–water partition coefficient (Wildman–Crippen LogP) is 3.27. The molecule has 0 bridgehead atoms. The van der Waals surface area contributed by atoms with E-state index >= 15 is 0 Å². The monoisotopic (exact) mass is 337 g/mol. The van der Waals surface area contributed by atoms with Crippen molar-refractivity contribution in [3.8, 4) is 0 Å². The summed E-state index contributed by atoms with van der Waals surface area (Å²) in [7, 11) is 0. The average Bonchev–Trinajstić information content (AvgIpc) is 2.59. The molecule has 130 valence electrons. The summed E-state index contributed by atoms with van der Waals surface area (Å²) in [4.78, 5) is 25.9. The minimum atomic E-state index is -0.936. The Bertz CT molecular complexity index is 813. The molecule has 0 aliphatic carbocycles. The largest absolute Gasteiger partial charge is 0.480 e. The van der Waals surface area contributed by atoms with Gasteiger partial charge in [-0.3, -0.25) is 4.79 Å². The number of hydrogen-bond acceptors (Lipinski definition) is 2. The number of nitrogens with zero attached hydrogens (tertiary/aromatic N) is 1. The lowest BCUT2D eigenvalue weighted by atomic mass is 9.93. The fourth-order valence-electron chi connectivity index (χ4n) is 3.52. The number of carbonyl (C=O) groups excluding carboxylic acids is 1. The third-order valence-corrected chi connectivity index (χ3v) is 4.96. The van der Waals surface area contributed by atoms with E-state index in [4.69, 9.17) is 0 Å². The molecule has 1 N–H and O–H groups in total. The number of amides is 1. The second kappa shape index (κ2) is 7.09. The first-order chi connectivity index (χ1) is 12.0. The average molecular weight is 337 g/mol. The minimum absolute atomic E-state index is 0.0955. The molecule has 1 amide bonds. The second-order valence-electron chi connectivity index (χ2n) is 6.78. The quantitative estimate of drug-likeness (QED) is 0.931. The van der Waals surface area contributed by atoms with Crippen molar-refractivity contribution >= 4 is 11.9 Å². The van der Waals surface area contributed by atoms with Crippen LogP contribution in [0.15, 0.2) is 42.5 Å². The third kappa shape index (κ3) is 3.73. The van der Waals surface area contributed by atoms with E-state index < -0.39 is 12.0 Å². The lowest BCUT2D eigenvalue weighted by Crippen LogP contribution is -2.48. The molecule has 1 heterocycles. The van der Waals surface area contributed by atoms with E-state index in [1.54, 1.807) is 0 Å². The molecular weight excluding hydrogens is 314 g/mol. The molecule has 0 saturated heterocycles. The van der Waals surface area contributed by atoms with Gasteiger partial charge in [0.15, 0.2) is 0 Å². The molecule has 0 saturated carbocycles. The van der Waals surface area contributed by atoms with Crippen LogP contribution >= 0.6 is 0 Å². The van der Waals surface area contributed by atoms with Crippen molar-refractivity contribution < 1.29 is 14.7 Å². The number of fused-ring (bicyclic) bond motifs is 1. The van der Waals surface area contributed by atoms with E-state index in [1.807, 2.05) is 44.2 Å². The molecule has 2 aromatic carbocycles. The van der Waals surface area contributed by atoms with Crippen LogP contribution in [0.3, 0.4) is 0 Å². The third-order valence-electron chi connectivity index (χ3n) is 4.96. The van der Waals surface area contributed by atoms with Crippen LogP contribution < -0.4 is 0 Å². The smallest absolute Gasteiger partial charge is 0.326 e. The van der Waals surface area contributed by atoms with Gasteiger partial charge in [0.05, 0.1) is 0 Å². The number of carboxylic acid groups (broad SMARTS) is 1. The van der Waals surface area contributed by atoms with Gasteiger partial charge in [-0.25, -0.2) is 4.79 Å². The molecule has 1 aliphatic heterocycles. The Morgan fingerprint density at radius 2 is 1.84 bits per heavy atom. The Morgan fingerprint density at radius 3 is 2.52 bits per heavy atom. The minimum Gasteiger partial charge on any atom is -0.480 e. The van der Waals surface area contributed by atoms with Gasteiger partial charge in [0.25, 0.3) is 0 Å². The SMILES string of the molecule is Cc1ccc(CCC(=O)N2Cc3ccccc3CC2C(=O)O)c(C)c1. The maximum absolute atomic E-state index is 12.7. The van der Waals surface area contributed by atoms with Crippen LogP contribution in [0.1, 0.15) is 34.2 Å². The van der Waals surface area contributed by atoms with Crippen LogP contribution in [0, 0.1) is 13.8 Å². The van der Waals surface area contributed by atoms with E-state index in [9.17, 15) is 14.7 Å². The first-order valence-electron chi connectivity index (χ1n) is 8.61. The van der Waals surface area contributed by atoms with Crippen molar-refractivity contribution in [2.45, 2.75) is 45.7 Å². The molecule has 0 fully saturated rings. The highest BCUT2D eigenvalue weighted by molar-refractivity contribution is 5.84. The number of carbonyl (C=O) groups is 2. The van der Waals surface area contributed by atoms with Crippen LogP contribution in [0.5, 0.6) is 0 Å². The van der Waals surface area contributed by atoms with E-state index in [-0.39, 0.29) is 5.91 Å². The Kier molecular flexibility index (Phi) is 4.88. The number of carboxylic acids is 1. The van der Waals surface area contributed by atoms with Gasteiger partial charge in [-0.15, -0.1) is 0 Å². The number of aliphatic carboxylic acids is 1. The Morgan fingerprint density at radius 1 is 1.12 bits per heavy atom. The van der Waals surface area contributed by atoms with Crippen LogP contribution in [-0.4, -0.2) is 27.9 Å². The Balaban J connectivity index is 1.74. The summed E-state index contributed by atoms with van der Waals surface area (Å²) >= 11 is 0. The number of aryl methyl sites for hydroxylation is 3. The van der Waals surface area contributed by atoms with Gasteiger partial charge < -0.3 is 10.0 Å². The summed E-state index contributed by atoms with van der Waals surface area (Å²) in [5.74, 6) is -1.03. The van der Waals surface area contributed by atoms with Crippen molar-refractivity contribution in [1.29, 1.82) is 0 Å². The summed E-state index contributed by atoms with van der Waals surface area (Å²) in [5.41, 5.74) is 5.58. The van der Waals surface area contributed by atoms with E-state index in [2.05, 4.69) is 12.1 Å². The molecule has 0 aromatic heterocycles. The van der Waals surface area contributed by atoms with Gasteiger partial charge in [-0.05, 0) is 42.5 Å². The molecule has 3 rings (SSSR count).